The molecular formula is C37H54ClN5OP2S2. The van der Waals surface area contributed by atoms with Gasteiger partial charge in [-0.25, -0.2) is 4.68 Å². The number of anilines is 1. The number of hydrogen-bond donors (Lipinski definition) is 1. The van der Waals surface area contributed by atoms with E-state index in [1.807, 2.05) is 17.6 Å². The highest BCUT2D eigenvalue weighted by atomic mass is 35.5. The summed E-state index contributed by atoms with van der Waals surface area (Å²) in [6.07, 6.45) is 28.5. The summed E-state index contributed by atoms with van der Waals surface area (Å²) < 4.78 is 11.3. The zero-order valence-corrected chi connectivity index (χ0v) is 32.9. The minimum Gasteiger partial charge on any atom is -0.352 e. The lowest BCUT2D eigenvalue weighted by Gasteiger charge is -2.25. The summed E-state index contributed by atoms with van der Waals surface area (Å²) in [7, 11) is 0.432. The molecule has 2 aliphatic carbocycles. The number of fused-ring (bicyclic) bond motifs is 1. The van der Waals surface area contributed by atoms with Crippen molar-refractivity contribution in [1.82, 2.24) is 19.7 Å². The van der Waals surface area contributed by atoms with E-state index in [0.29, 0.717) is 24.8 Å². The van der Waals surface area contributed by atoms with E-state index in [2.05, 4.69) is 46.4 Å². The van der Waals surface area contributed by atoms with Crippen LogP contribution in [0.1, 0.15) is 132 Å². The lowest BCUT2D eigenvalue weighted by atomic mass is 10.0. The van der Waals surface area contributed by atoms with Crippen LogP contribution in [0.15, 0.2) is 30.5 Å². The van der Waals surface area contributed by atoms with Crippen LogP contribution in [0.4, 0.5) is 5.82 Å². The fourth-order valence-corrected chi connectivity index (χ4v) is 15.1. The fourth-order valence-electron chi connectivity index (χ4n) is 7.05. The average molecular weight is 746 g/mol. The van der Waals surface area contributed by atoms with Crippen LogP contribution in [0.3, 0.4) is 0 Å². The second-order valence-corrected chi connectivity index (χ2v) is 21.6. The van der Waals surface area contributed by atoms with Crippen LogP contribution >= 0.6 is 49.6 Å². The van der Waals surface area contributed by atoms with Crippen LogP contribution in [0.5, 0.6) is 0 Å². The predicted octanol–water partition coefficient (Wildman–Crippen LogP) is 12.3. The van der Waals surface area contributed by atoms with Gasteiger partial charge in [0.1, 0.15) is 5.82 Å². The van der Waals surface area contributed by atoms with Crippen molar-refractivity contribution in [3.8, 4) is 12.3 Å². The first kappa shape index (κ1) is 38.2. The van der Waals surface area contributed by atoms with Gasteiger partial charge in [0.15, 0.2) is 5.65 Å². The first-order valence-electron chi connectivity index (χ1n) is 18.1. The molecule has 3 aromatic rings. The van der Waals surface area contributed by atoms with Gasteiger partial charge in [-0.2, -0.15) is 15.1 Å². The van der Waals surface area contributed by atoms with Gasteiger partial charge in [0.05, 0.1) is 17.6 Å². The van der Waals surface area contributed by atoms with Gasteiger partial charge in [0.2, 0.25) is 5.28 Å². The van der Waals surface area contributed by atoms with Crippen LogP contribution in [-0.2, 0) is 6.54 Å². The number of unbranched alkanes of at least 4 members (excludes halogenated alkanes) is 11. The van der Waals surface area contributed by atoms with Gasteiger partial charge in [-0.05, 0) is 101 Å². The Morgan fingerprint density at radius 3 is 2.33 bits per heavy atom. The normalized spacial score (nSPS) is 18.6. The molecule has 2 aliphatic rings. The van der Waals surface area contributed by atoms with Crippen molar-refractivity contribution in [2.24, 2.45) is 0 Å². The zero-order valence-electron chi connectivity index (χ0n) is 28.7. The summed E-state index contributed by atoms with van der Waals surface area (Å²) in [5.41, 5.74) is 5.39. The number of terminal acetylenes is 1. The van der Waals surface area contributed by atoms with Crippen molar-refractivity contribution < 1.29 is 4.55 Å². The standard InChI is InChI=1S/C37H54ClN5OP2S2/c1-3-4-5-6-7-8-9-10-11-12-13-14-15-24-42(27-29-16-18-30(19-17-29)31-20-21-31)35-34-26-39-43(36(34)41-37(38)40-35)32-22-23-33(25-32)46(2)47-28-45-48-44/h1,16-19,26,31-33,44-45H,4-15,20-25,27-28H2,2H3. The molecule has 48 heavy (non-hydrogen) atoms. The maximum atomic E-state index is 9.13. The number of halogens is 1. The molecule has 2 heterocycles. The Bertz CT molecular complexity index is 1430. The first-order chi connectivity index (χ1) is 23.6. The van der Waals surface area contributed by atoms with Crippen LogP contribution in [0, 0.1) is 12.3 Å². The van der Waals surface area contributed by atoms with Crippen molar-refractivity contribution in [1.29, 1.82) is 0 Å². The van der Waals surface area contributed by atoms with Crippen LogP contribution in [-0.4, -0.2) is 48.7 Å². The van der Waals surface area contributed by atoms with Crippen molar-refractivity contribution >= 4 is 66.4 Å². The Kier molecular flexibility index (Phi) is 16.5. The molecule has 262 valence electrons. The van der Waals surface area contributed by atoms with E-state index in [9.17, 15) is 0 Å². The SMILES string of the molecule is C#CCCCCCCCCCCCCCN(Cc1ccc(C2CC2)cc1)c1nc(Cl)nc2c1cnn2C1CCC(P(C)SCPSO)C1. The Morgan fingerprint density at radius 1 is 0.979 bits per heavy atom. The van der Waals surface area contributed by atoms with Gasteiger partial charge in [-0.1, -0.05) is 82.1 Å². The second-order valence-electron chi connectivity index (χ2n) is 13.6. The van der Waals surface area contributed by atoms with Gasteiger partial charge in [0.25, 0.3) is 0 Å². The van der Waals surface area contributed by atoms with E-state index in [0.717, 1.165) is 78.7 Å². The largest absolute Gasteiger partial charge is 0.352 e. The van der Waals surface area contributed by atoms with E-state index in [1.54, 1.807) is 0 Å². The topological polar surface area (TPSA) is 67.1 Å². The van der Waals surface area contributed by atoms with E-state index in [1.165, 1.54) is 94.6 Å². The van der Waals surface area contributed by atoms with Crippen LogP contribution in [0.25, 0.3) is 11.0 Å². The third-order valence-corrected chi connectivity index (χ3v) is 17.9. The molecule has 4 atom stereocenters. The molecule has 6 nitrogen and oxygen atoms in total. The molecular weight excluding hydrogens is 692 g/mol. The lowest BCUT2D eigenvalue weighted by molar-refractivity contribution is 0.479. The lowest BCUT2D eigenvalue weighted by Crippen LogP contribution is -2.25. The molecule has 0 bridgehead atoms. The van der Waals surface area contributed by atoms with Gasteiger partial charge < -0.3 is 9.45 Å². The smallest absolute Gasteiger partial charge is 0.226 e. The molecule has 0 spiro atoms. The van der Waals surface area contributed by atoms with Gasteiger partial charge >= 0.3 is 0 Å². The van der Waals surface area contributed by atoms with Crippen LogP contribution < -0.4 is 4.90 Å². The molecule has 2 aromatic heterocycles. The molecule has 5 rings (SSSR count). The van der Waals surface area contributed by atoms with Gasteiger partial charge in [-0.15, -0.1) is 23.7 Å². The molecule has 4 unspecified atom stereocenters. The average Bonchev–Trinajstić information content (AvgIpc) is 3.68. The quantitative estimate of drug-likeness (QED) is 0.0341. The molecule has 0 aliphatic heterocycles. The monoisotopic (exact) mass is 745 g/mol. The molecule has 0 amide bonds. The number of benzene rings is 1. The summed E-state index contributed by atoms with van der Waals surface area (Å²) in [6, 6.07) is 9.59. The molecule has 0 saturated heterocycles. The van der Waals surface area contributed by atoms with E-state index < -0.39 is 0 Å². The van der Waals surface area contributed by atoms with Crippen molar-refractivity contribution in [2.45, 2.75) is 133 Å². The Morgan fingerprint density at radius 2 is 1.67 bits per heavy atom. The second kappa shape index (κ2) is 20.7. The summed E-state index contributed by atoms with van der Waals surface area (Å²) >= 11 is 9.71. The molecule has 2 fully saturated rings. The summed E-state index contributed by atoms with van der Waals surface area (Å²) in [6.45, 7) is 4.14. The van der Waals surface area contributed by atoms with Crippen molar-refractivity contribution in [3.63, 3.8) is 0 Å². The minimum atomic E-state index is -0.126. The third kappa shape index (κ3) is 11.7. The Balaban J connectivity index is 1.20. The molecule has 2 saturated carbocycles. The summed E-state index contributed by atoms with van der Waals surface area (Å²) in [5, 5.41) is 6.24. The molecule has 1 aromatic carbocycles. The van der Waals surface area contributed by atoms with Crippen molar-refractivity contribution in [2.75, 3.05) is 23.6 Å². The Hall–Kier alpha value is -1.06. The van der Waals surface area contributed by atoms with E-state index in [-0.39, 0.29) is 7.12 Å². The maximum absolute atomic E-state index is 9.13. The van der Waals surface area contributed by atoms with Crippen molar-refractivity contribution in [3.05, 3.63) is 46.9 Å². The van der Waals surface area contributed by atoms with Gasteiger partial charge in [0, 0.05) is 36.7 Å². The fraction of sp³-hybridized carbons (Fsp3) is 0.649. The Labute approximate surface area is 305 Å². The summed E-state index contributed by atoms with van der Waals surface area (Å²) in [5.74, 6) is 4.42. The number of nitrogens with zero attached hydrogens (tertiary/aromatic N) is 5. The number of rotatable bonds is 23. The summed E-state index contributed by atoms with van der Waals surface area (Å²) in [4.78, 5) is 12.0. The molecule has 11 heteroatoms. The number of aromatic nitrogens is 4. The third-order valence-electron chi connectivity index (χ3n) is 9.99. The predicted molar refractivity (Wildman–Crippen MR) is 215 cm³/mol. The van der Waals surface area contributed by atoms with E-state index in [4.69, 9.17) is 37.6 Å². The van der Waals surface area contributed by atoms with Crippen LogP contribution in [0.2, 0.25) is 5.28 Å². The molecule has 1 N–H and O–H groups in total. The molecule has 0 radical (unpaired) electrons. The number of hydrogen-bond acceptors (Lipinski definition) is 7. The van der Waals surface area contributed by atoms with E-state index >= 15 is 0 Å². The minimum absolute atomic E-state index is 0.126. The highest BCUT2D eigenvalue weighted by molar-refractivity contribution is 8.60. The first-order valence-corrected chi connectivity index (χ1v) is 24.7. The van der Waals surface area contributed by atoms with Gasteiger partial charge in [-0.3, -0.25) is 0 Å². The maximum Gasteiger partial charge on any atom is 0.226 e. The zero-order chi connectivity index (χ0) is 33.6. The highest BCUT2D eigenvalue weighted by Gasteiger charge is 2.32. The highest BCUT2D eigenvalue weighted by Crippen LogP contribution is 2.59.